The van der Waals surface area contributed by atoms with Crippen LogP contribution in [0.15, 0.2) is 12.1 Å². The van der Waals surface area contributed by atoms with Crippen molar-refractivity contribution < 1.29 is 19.1 Å². The number of carbonyl (C=O) groups excluding carboxylic acids is 2. The van der Waals surface area contributed by atoms with Crippen LogP contribution < -0.4 is 9.47 Å². The third-order valence-electron chi connectivity index (χ3n) is 4.88. The number of ether oxygens (including phenoxy) is 2. The van der Waals surface area contributed by atoms with Crippen LogP contribution in [0.2, 0.25) is 0 Å². The lowest BCUT2D eigenvalue weighted by molar-refractivity contribution is -0.132. The van der Waals surface area contributed by atoms with E-state index in [1.807, 2.05) is 13.8 Å². The zero-order chi connectivity index (χ0) is 19.7. The predicted molar refractivity (Wildman–Crippen MR) is 98.1 cm³/mol. The zero-order valence-corrected chi connectivity index (χ0v) is 16.3. The van der Waals surface area contributed by atoms with Gasteiger partial charge in [0, 0.05) is 12.1 Å². The van der Waals surface area contributed by atoms with E-state index < -0.39 is 0 Å². The van der Waals surface area contributed by atoms with Gasteiger partial charge < -0.3 is 18.9 Å². The Kier molecular flexibility index (Phi) is 5.16. The molecule has 0 saturated heterocycles. The topological polar surface area (TPSA) is 86.5 Å². The molecule has 0 unspecified atom stereocenters. The first-order chi connectivity index (χ1) is 12.8. The van der Waals surface area contributed by atoms with Crippen LogP contribution in [-0.2, 0) is 17.8 Å². The van der Waals surface area contributed by atoms with Gasteiger partial charge in [-0.1, -0.05) is 0 Å². The predicted octanol–water partition coefficient (Wildman–Crippen LogP) is 1.95. The van der Waals surface area contributed by atoms with E-state index in [4.69, 9.17) is 9.47 Å². The minimum absolute atomic E-state index is 0.0662. The van der Waals surface area contributed by atoms with Crippen molar-refractivity contribution in [2.24, 2.45) is 0 Å². The van der Waals surface area contributed by atoms with Gasteiger partial charge in [0.05, 0.1) is 33.2 Å². The van der Waals surface area contributed by atoms with E-state index in [0.717, 1.165) is 11.6 Å². The third-order valence-corrected chi connectivity index (χ3v) is 4.88. The number of aromatic nitrogens is 3. The summed E-state index contributed by atoms with van der Waals surface area (Å²) in [5.74, 6) is 2.40. The second-order valence-corrected chi connectivity index (χ2v) is 6.75. The second kappa shape index (κ2) is 7.38. The number of rotatable bonds is 5. The Morgan fingerprint density at radius 1 is 1.19 bits per heavy atom. The molecule has 144 valence electrons. The molecule has 1 aliphatic rings. The van der Waals surface area contributed by atoms with Crippen LogP contribution in [-0.4, -0.2) is 52.1 Å². The molecule has 1 aromatic carbocycles. The first-order valence-electron chi connectivity index (χ1n) is 8.79. The lowest BCUT2D eigenvalue weighted by Crippen LogP contribution is -2.41. The van der Waals surface area contributed by atoms with Crippen molar-refractivity contribution in [2.75, 3.05) is 20.8 Å². The van der Waals surface area contributed by atoms with Crippen molar-refractivity contribution in [1.29, 1.82) is 0 Å². The maximum atomic E-state index is 12.9. The fraction of sp³-hybridized carbons (Fsp3) is 0.474. The molecule has 0 radical (unpaired) electrons. The number of aryl methyl sites for hydroxylation is 1. The van der Waals surface area contributed by atoms with Crippen molar-refractivity contribution in [2.45, 2.75) is 39.8 Å². The summed E-state index contributed by atoms with van der Waals surface area (Å²) in [6.07, 6.45) is 0.106. The first kappa shape index (κ1) is 18.9. The fourth-order valence-corrected chi connectivity index (χ4v) is 3.59. The molecular formula is C19H24N4O4. The summed E-state index contributed by atoms with van der Waals surface area (Å²) >= 11 is 0. The number of amides is 1. The Balaban J connectivity index is 1.87. The molecule has 1 amide bonds. The van der Waals surface area contributed by atoms with Gasteiger partial charge in [-0.3, -0.25) is 9.59 Å². The lowest BCUT2D eigenvalue weighted by atomic mass is 9.99. The van der Waals surface area contributed by atoms with Gasteiger partial charge in [0.1, 0.15) is 5.82 Å². The van der Waals surface area contributed by atoms with Crippen LogP contribution in [0.3, 0.4) is 0 Å². The number of carbonyl (C=O) groups is 2. The van der Waals surface area contributed by atoms with Gasteiger partial charge in [0.25, 0.3) is 0 Å². The normalized spacial score (nSPS) is 16.0. The summed E-state index contributed by atoms with van der Waals surface area (Å²) in [5.41, 5.74) is 1.09. The second-order valence-electron chi connectivity index (χ2n) is 6.75. The highest BCUT2D eigenvalue weighted by Gasteiger charge is 2.29. The SMILES string of the molecule is COc1cc(CC(=O)N2Cc3nnc(C)n3[C@@H](C)C2)c(C(C)=O)cc1OC. The van der Waals surface area contributed by atoms with Gasteiger partial charge in [-0.15, -0.1) is 10.2 Å². The first-order valence-corrected chi connectivity index (χ1v) is 8.79. The maximum absolute atomic E-state index is 12.9. The van der Waals surface area contributed by atoms with Crippen molar-refractivity contribution in [3.63, 3.8) is 0 Å². The molecule has 0 bridgehead atoms. The summed E-state index contributed by atoms with van der Waals surface area (Å²) in [6.45, 7) is 6.41. The summed E-state index contributed by atoms with van der Waals surface area (Å²) < 4.78 is 12.6. The number of hydrogen-bond donors (Lipinski definition) is 0. The molecule has 1 atom stereocenters. The number of ketones is 1. The summed E-state index contributed by atoms with van der Waals surface area (Å²) in [5, 5.41) is 8.28. The van der Waals surface area contributed by atoms with Crippen molar-refractivity contribution >= 4 is 11.7 Å². The molecule has 0 saturated carbocycles. The van der Waals surface area contributed by atoms with Crippen LogP contribution >= 0.6 is 0 Å². The van der Waals surface area contributed by atoms with Crippen molar-refractivity contribution in [3.05, 3.63) is 34.9 Å². The molecular weight excluding hydrogens is 348 g/mol. The van der Waals surface area contributed by atoms with E-state index in [-0.39, 0.29) is 24.2 Å². The minimum atomic E-state index is -0.124. The largest absolute Gasteiger partial charge is 0.493 e. The molecule has 0 fully saturated rings. The molecule has 1 aromatic heterocycles. The molecule has 8 nitrogen and oxygen atoms in total. The van der Waals surface area contributed by atoms with Crippen LogP contribution in [0.4, 0.5) is 0 Å². The fourth-order valence-electron chi connectivity index (χ4n) is 3.59. The highest BCUT2D eigenvalue weighted by Crippen LogP contribution is 2.31. The zero-order valence-electron chi connectivity index (χ0n) is 16.3. The van der Waals surface area contributed by atoms with E-state index >= 15 is 0 Å². The molecule has 2 aromatic rings. The van der Waals surface area contributed by atoms with E-state index in [0.29, 0.717) is 35.7 Å². The standard InChI is InChI=1S/C19H24N4O4/c1-11-9-22(10-18-21-20-13(3)23(11)18)19(25)7-14-6-16(26-4)17(27-5)8-15(14)12(2)24/h6,8,11H,7,9-10H2,1-5H3/t11-/m0/s1. The summed E-state index contributed by atoms with van der Waals surface area (Å²) in [7, 11) is 3.04. The summed E-state index contributed by atoms with van der Waals surface area (Å²) in [6, 6.07) is 3.43. The number of Topliss-reactive ketones (excluding diaryl/α,β-unsaturated/α-hetero) is 1. The third kappa shape index (κ3) is 3.51. The van der Waals surface area contributed by atoms with Gasteiger partial charge in [-0.2, -0.15) is 0 Å². The van der Waals surface area contributed by atoms with E-state index in [9.17, 15) is 9.59 Å². The smallest absolute Gasteiger partial charge is 0.227 e. The van der Waals surface area contributed by atoms with Crippen LogP contribution in [0.5, 0.6) is 11.5 Å². The van der Waals surface area contributed by atoms with Crippen molar-refractivity contribution in [3.8, 4) is 11.5 Å². The Morgan fingerprint density at radius 3 is 2.48 bits per heavy atom. The minimum Gasteiger partial charge on any atom is -0.493 e. The molecule has 1 aliphatic heterocycles. The summed E-state index contributed by atoms with van der Waals surface area (Å²) in [4.78, 5) is 26.8. The molecule has 0 spiro atoms. The van der Waals surface area contributed by atoms with Crippen LogP contribution in [0.25, 0.3) is 0 Å². The van der Waals surface area contributed by atoms with E-state index in [1.165, 1.54) is 21.1 Å². The Hall–Kier alpha value is -2.90. The van der Waals surface area contributed by atoms with E-state index in [1.54, 1.807) is 17.0 Å². The Labute approximate surface area is 158 Å². The number of fused-ring (bicyclic) bond motifs is 1. The quantitative estimate of drug-likeness (QED) is 0.746. The molecule has 2 heterocycles. The van der Waals surface area contributed by atoms with Gasteiger partial charge in [-0.25, -0.2) is 0 Å². The number of nitrogens with zero attached hydrogens (tertiary/aromatic N) is 4. The monoisotopic (exact) mass is 372 g/mol. The molecule has 0 N–H and O–H groups in total. The Morgan fingerprint density at radius 2 is 1.85 bits per heavy atom. The highest BCUT2D eigenvalue weighted by atomic mass is 16.5. The van der Waals surface area contributed by atoms with Crippen LogP contribution in [0.1, 0.15) is 47.5 Å². The lowest BCUT2D eigenvalue weighted by Gasteiger charge is -2.32. The number of hydrogen-bond acceptors (Lipinski definition) is 6. The molecule has 3 rings (SSSR count). The molecule has 8 heteroatoms. The number of benzene rings is 1. The average Bonchev–Trinajstić information content (AvgIpc) is 3.02. The van der Waals surface area contributed by atoms with Gasteiger partial charge in [0.15, 0.2) is 23.1 Å². The average molecular weight is 372 g/mol. The Bertz CT molecular complexity index is 890. The van der Waals surface area contributed by atoms with Crippen molar-refractivity contribution in [1.82, 2.24) is 19.7 Å². The number of methoxy groups -OCH3 is 2. The molecule has 27 heavy (non-hydrogen) atoms. The maximum Gasteiger partial charge on any atom is 0.227 e. The van der Waals surface area contributed by atoms with E-state index in [2.05, 4.69) is 14.8 Å². The van der Waals surface area contributed by atoms with Gasteiger partial charge in [0.2, 0.25) is 5.91 Å². The van der Waals surface area contributed by atoms with Crippen LogP contribution in [0, 0.1) is 6.92 Å². The highest BCUT2D eigenvalue weighted by molar-refractivity contribution is 5.97. The van der Waals surface area contributed by atoms with Gasteiger partial charge in [-0.05, 0) is 38.5 Å². The molecule has 0 aliphatic carbocycles. The van der Waals surface area contributed by atoms with Gasteiger partial charge >= 0.3 is 0 Å².